The van der Waals surface area contributed by atoms with Gasteiger partial charge in [0.05, 0.1) is 31.0 Å². The number of thiophene rings is 1. The van der Waals surface area contributed by atoms with Crippen molar-refractivity contribution in [2.24, 2.45) is 5.41 Å². The van der Waals surface area contributed by atoms with Crippen LogP contribution in [0.25, 0.3) is 11.1 Å². The van der Waals surface area contributed by atoms with Crippen molar-refractivity contribution in [1.29, 1.82) is 0 Å². The predicted molar refractivity (Wildman–Crippen MR) is 235 cm³/mol. The Kier molecular flexibility index (Phi) is 13.9. The lowest BCUT2D eigenvalue weighted by molar-refractivity contribution is -0.0905. The van der Waals surface area contributed by atoms with E-state index in [9.17, 15) is 15.3 Å². The molecule has 0 spiro atoms. The monoisotopic (exact) mass is 797 g/mol. The number of carbonyl (C=O) groups is 1. The highest BCUT2D eigenvalue weighted by Gasteiger charge is 2.57. The summed E-state index contributed by atoms with van der Waals surface area (Å²) in [6, 6.07) is 38.3. The van der Waals surface area contributed by atoms with Crippen molar-refractivity contribution in [3.8, 4) is 11.1 Å². The molecular weight excluding hydrogens is 739 g/mol. The molecule has 8 rings (SSSR count). The van der Waals surface area contributed by atoms with E-state index in [1.54, 1.807) is 11.3 Å². The first-order chi connectivity index (χ1) is 28.1. The maximum absolute atomic E-state index is 15.1. The highest BCUT2D eigenvalue weighted by atomic mass is 32.1. The van der Waals surface area contributed by atoms with Crippen LogP contribution in [0.1, 0.15) is 95.8 Å². The zero-order valence-corrected chi connectivity index (χ0v) is 34.9. The van der Waals surface area contributed by atoms with E-state index in [2.05, 4.69) is 54.5 Å². The number of fused-ring (bicyclic) bond motifs is 8. The van der Waals surface area contributed by atoms with Crippen LogP contribution in [0.2, 0.25) is 0 Å². The Hall–Kier alpha value is -4.21. The van der Waals surface area contributed by atoms with Crippen LogP contribution in [0, 0.1) is 5.41 Å². The van der Waals surface area contributed by atoms with E-state index in [4.69, 9.17) is 4.74 Å². The third-order valence-corrected chi connectivity index (χ3v) is 13.7. The number of hydrogen-bond acceptors (Lipinski definition) is 7. The van der Waals surface area contributed by atoms with Crippen molar-refractivity contribution in [3.63, 3.8) is 0 Å². The van der Waals surface area contributed by atoms with Gasteiger partial charge in [0.25, 0.3) is 0 Å². The highest BCUT2D eigenvalue weighted by Crippen LogP contribution is 2.59. The van der Waals surface area contributed by atoms with Crippen molar-refractivity contribution in [3.05, 3.63) is 165 Å². The molecule has 1 heterocycles. The van der Waals surface area contributed by atoms with Gasteiger partial charge in [-0.15, -0.1) is 11.3 Å². The van der Waals surface area contributed by atoms with E-state index in [0.717, 1.165) is 59.9 Å². The van der Waals surface area contributed by atoms with Crippen molar-refractivity contribution in [2.45, 2.75) is 95.5 Å². The fourth-order valence-electron chi connectivity index (χ4n) is 9.46. The third-order valence-electron chi connectivity index (χ3n) is 12.8. The second kappa shape index (κ2) is 19.2. The number of aliphatic hydroxyl groups is 3. The van der Waals surface area contributed by atoms with Crippen molar-refractivity contribution in [1.82, 2.24) is 4.90 Å². The lowest BCUT2D eigenvalue weighted by Crippen LogP contribution is -2.54. The molecule has 7 heteroatoms. The van der Waals surface area contributed by atoms with E-state index in [-0.39, 0.29) is 18.3 Å². The van der Waals surface area contributed by atoms with Gasteiger partial charge in [0.2, 0.25) is 0 Å². The smallest absolute Gasteiger partial charge is 0.193 e. The summed E-state index contributed by atoms with van der Waals surface area (Å²) in [4.78, 5) is 18.6. The Morgan fingerprint density at radius 1 is 0.914 bits per heavy atom. The number of benzene rings is 4. The van der Waals surface area contributed by atoms with E-state index in [1.807, 2.05) is 91.0 Å². The van der Waals surface area contributed by atoms with Crippen LogP contribution in [0.3, 0.4) is 0 Å². The summed E-state index contributed by atoms with van der Waals surface area (Å²) in [6.07, 6.45) is 6.56. The number of carbonyl (C=O) groups excluding carboxylic acids is 1. The minimum Gasteiger partial charge on any atom is -0.393 e. The zero-order chi connectivity index (χ0) is 40.5. The number of rotatable bonds is 14. The van der Waals surface area contributed by atoms with Crippen LogP contribution >= 0.6 is 11.3 Å². The molecule has 304 valence electrons. The van der Waals surface area contributed by atoms with Gasteiger partial charge in [0.1, 0.15) is 0 Å². The fourth-order valence-corrected chi connectivity index (χ4v) is 10.2. The van der Waals surface area contributed by atoms with Gasteiger partial charge in [-0.3, -0.25) is 9.69 Å². The number of ketones is 1. The van der Waals surface area contributed by atoms with Gasteiger partial charge in [0, 0.05) is 41.1 Å². The summed E-state index contributed by atoms with van der Waals surface area (Å²) in [7, 11) is 0. The van der Waals surface area contributed by atoms with E-state index >= 15 is 4.79 Å². The molecule has 3 aliphatic rings. The Labute approximate surface area is 348 Å². The van der Waals surface area contributed by atoms with E-state index in [0.29, 0.717) is 56.6 Å². The quantitative estimate of drug-likeness (QED) is 0.0766. The van der Waals surface area contributed by atoms with Gasteiger partial charge in [-0.2, -0.15) is 0 Å². The number of hydrogen-bond donors (Lipinski definition) is 3. The average molecular weight is 798 g/mol. The number of nitrogens with zero attached hydrogens (tertiary/aromatic N) is 1. The first kappa shape index (κ1) is 41.9. The largest absolute Gasteiger partial charge is 0.393 e. The zero-order valence-electron chi connectivity index (χ0n) is 34.1. The molecule has 58 heavy (non-hydrogen) atoms. The Balaban J connectivity index is 1.23. The van der Waals surface area contributed by atoms with Crippen LogP contribution in [0.4, 0.5) is 0 Å². The molecule has 5 atom stereocenters. The molecule has 5 aromatic rings. The Bertz CT molecular complexity index is 2120. The van der Waals surface area contributed by atoms with Crippen molar-refractivity contribution >= 4 is 17.1 Å². The summed E-state index contributed by atoms with van der Waals surface area (Å²) in [5.41, 5.74) is 5.67. The molecule has 3 N–H and O–H groups in total. The molecule has 0 radical (unpaired) electrons. The molecule has 6 nitrogen and oxygen atoms in total. The lowest BCUT2D eigenvalue weighted by atomic mass is 9.64. The molecule has 2 bridgehead atoms. The Morgan fingerprint density at radius 2 is 1.67 bits per heavy atom. The molecule has 0 amide bonds. The average Bonchev–Trinajstić information content (AvgIpc) is 3.85. The molecule has 1 saturated carbocycles. The van der Waals surface area contributed by atoms with Crippen LogP contribution in [0.15, 0.2) is 132 Å². The van der Waals surface area contributed by atoms with Gasteiger partial charge in [-0.25, -0.2) is 0 Å². The van der Waals surface area contributed by atoms with Crippen LogP contribution in [-0.2, 0) is 24.2 Å². The van der Waals surface area contributed by atoms with E-state index in [1.165, 1.54) is 10.5 Å². The topological polar surface area (TPSA) is 90.2 Å². The van der Waals surface area contributed by atoms with Gasteiger partial charge < -0.3 is 20.1 Å². The second-order valence-corrected chi connectivity index (χ2v) is 17.9. The maximum atomic E-state index is 15.1. The van der Waals surface area contributed by atoms with Crippen molar-refractivity contribution in [2.75, 3.05) is 26.2 Å². The molecule has 4 aromatic carbocycles. The van der Waals surface area contributed by atoms with E-state index < -0.39 is 23.2 Å². The van der Waals surface area contributed by atoms with Crippen LogP contribution < -0.4 is 0 Å². The number of allylic oxidation sites excluding steroid dienone is 2. The number of aliphatic hydroxyl groups excluding tert-OH is 2. The maximum Gasteiger partial charge on any atom is 0.193 e. The molecule has 0 saturated heterocycles. The van der Waals surface area contributed by atoms with Crippen LogP contribution in [0.5, 0.6) is 0 Å². The normalized spacial score (nSPS) is 23.0. The van der Waals surface area contributed by atoms with Crippen molar-refractivity contribution < 1.29 is 24.9 Å². The summed E-state index contributed by atoms with van der Waals surface area (Å²) in [5, 5.41) is 37.8. The molecular formula is C51H59NO5S. The minimum absolute atomic E-state index is 0.0392. The first-order valence-electron chi connectivity index (χ1n) is 21.0. The fraction of sp³-hybridized carbons (Fsp3) is 0.392. The second-order valence-electron chi connectivity index (χ2n) is 16.9. The summed E-state index contributed by atoms with van der Waals surface area (Å²) in [5.74, 6) is -0.142. The van der Waals surface area contributed by atoms with Gasteiger partial charge >= 0.3 is 0 Å². The predicted octanol–water partition coefficient (Wildman–Crippen LogP) is 9.81. The minimum atomic E-state index is -1.10. The summed E-state index contributed by atoms with van der Waals surface area (Å²) >= 11 is 1.73. The van der Waals surface area contributed by atoms with Crippen LogP contribution in [-0.4, -0.2) is 70.1 Å². The SMILES string of the molecule is CC1=CCCC2(C)C(CCC2(O)CN(CCc2cccs2)CC(O)COCc2ccccc2)c2ccc(cc2C(=O)c2ccccc2-c2ccccc2)CC(O)CC1. The lowest BCUT2D eigenvalue weighted by Gasteiger charge is -2.46. The van der Waals surface area contributed by atoms with Gasteiger partial charge in [-0.05, 0) is 110 Å². The molecule has 1 fully saturated rings. The van der Waals surface area contributed by atoms with Gasteiger partial charge in [0.15, 0.2) is 5.78 Å². The first-order valence-corrected chi connectivity index (χ1v) is 21.9. The molecule has 3 aliphatic carbocycles. The Morgan fingerprint density at radius 3 is 2.45 bits per heavy atom. The summed E-state index contributed by atoms with van der Waals surface area (Å²) in [6.45, 7) is 6.47. The highest BCUT2D eigenvalue weighted by molar-refractivity contribution is 7.09. The number of ether oxygens (including phenoxy) is 1. The standard InChI is InChI=1S/C51H59NO5S/c1-37-13-11-27-50(2)48(25-28-51(50,56)36-52(29-26-43-18-12-30-58-43)33-42(54)35-57-34-38-14-5-3-6-15-38)45-24-22-39(31-41(53)23-21-37)32-47(45)49(55)46-20-10-9-19-44(46)40-16-7-4-8-17-40/h3-10,12-20,22,24,30,32,41-42,48,53-54,56H,11,21,23,25-29,31,33-36H2,1-2H3. The van der Waals surface area contributed by atoms with Gasteiger partial charge in [-0.1, -0.05) is 122 Å². The molecule has 0 aliphatic heterocycles. The molecule has 5 unspecified atom stereocenters. The molecule has 1 aromatic heterocycles. The third kappa shape index (κ3) is 9.96. The summed E-state index contributed by atoms with van der Waals surface area (Å²) < 4.78 is 5.98.